The smallest absolute Gasteiger partial charge is 0.330 e. The SMILES string of the molecule is CCCCC(CC)COP(=O)(O)O.CCCCC(CCCC)CCCN.CCCCC(CCCC)CCCN. The van der Waals surface area contributed by atoms with Crippen molar-refractivity contribution < 1.29 is 18.9 Å². The molecule has 6 N–H and O–H groups in total. The van der Waals surface area contributed by atoms with E-state index in [0.29, 0.717) is 0 Å². The molecule has 6 nitrogen and oxygen atoms in total. The fourth-order valence-electron chi connectivity index (χ4n) is 4.75. The summed E-state index contributed by atoms with van der Waals surface area (Å²) in [7, 11) is -4.26. The zero-order valence-electron chi connectivity index (χ0n) is 27.3. The highest BCUT2D eigenvalue weighted by Crippen LogP contribution is 2.37. The predicted molar refractivity (Wildman–Crippen MR) is 173 cm³/mol. The summed E-state index contributed by atoms with van der Waals surface area (Å²) in [6.45, 7) is 15.1. The van der Waals surface area contributed by atoms with Crippen LogP contribution in [-0.2, 0) is 9.09 Å². The maximum absolute atomic E-state index is 10.4. The van der Waals surface area contributed by atoms with E-state index in [0.717, 1.165) is 50.6 Å². The zero-order chi connectivity index (χ0) is 30.2. The molecule has 0 aliphatic rings. The van der Waals surface area contributed by atoms with E-state index in [1.165, 1.54) is 103 Å². The summed E-state index contributed by atoms with van der Waals surface area (Å²) >= 11 is 0. The summed E-state index contributed by atoms with van der Waals surface area (Å²) < 4.78 is 14.8. The van der Waals surface area contributed by atoms with Crippen molar-refractivity contribution in [2.75, 3.05) is 19.7 Å². The molecule has 0 aromatic carbocycles. The minimum absolute atomic E-state index is 0.167. The normalized spacial score (nSPS) is 12.2. The lowest BCUT2D eigenvalue weighted by atomic mass is 9.92. The average molecular weight is 581 g/mol. The molecule has 0 aliphatic carbocycles. The van der Waals surface area contributed by atoms with Gasteiger partial charge in [-0.05, 0) is 62.9 Å². The van der Waals surface area contributed by atoms with E-state index in [2.05, 4.69) is 39.1 Å². The third-order valence-corrected chi connectivity index (χ3v) is 8.00. The topological polar surface area (TPSA) is 119 Å². The van der Waals surface area contributed by atoms with Crippen molar-refractivity contribution in [2.45, 2.75) is 170 Å². The van der Waals surface area contributed by atoms with Gasteiger partial charge in [0.1, 0.15) is 0 Å². The Kier molecular flexibility index (Phi) is 38.2. The molecule has 1 atom stereocenters. The first-order valence-electron chi connectivity index (χ1n) is 16.8. The third-order valence-electron chi connectivity index (χ3n) is 7.52. The lowest BCUT2D eigenvalue weighted by molar-refractivity contribution is 0.161. The Morgan fingerprint density at radius 2 is 0.821 bits per heavy atom. The first-order valence-corrected chi connectivity index (χ1v) is 18.3. The molecule has 0 bridgehead atoms. The monoisotopic (exact) mass is 581 g/mol. The molecule has 0 radical (unpaired) electrons. The van der Waals surface area contributed by atoms with E-state index >= 15 is 0 Å². The summed E-state index contributed by atoms with van der Waals surface area (Å²) in [5, 5.41) is 0. The largest absolute Gasteiger partial charge is 0.469 e. The van der Waals surface area contributed by atoms with Crippen LogP contribution >= 0.6 is 7.82 Å². The van der Waals surface area contributed by atoms with Crippen molar-refractivity contribution in [2.24, 2.45) is 29.2 Å². The fourth-order valence-corrected chi connectivity index (χ4v) is 5.16. The highest BCUT2D eigenvalue weighted by Gasteiger charge is 2.16. The van der Waals surface area contributed by atoms with Gasteiger partial charge in [0.05, 0.1) is 6.61 Å². The zero-order valence-corrected chi connectivity index (χ0v) is 28.2. The van der Waals surface area contributed by atoms with Crippen LogP contribution < -0.4 is 11.5 Å². The third kappa shape index (κ3) is 38.0. The second kappa shape index (κ2) is 34.2. The molecule has 240 valence electrons. The van der Waals surface area contributed by atoms with E-state index in [1.807, 2.05) is 6.92 Å². The van der Waals surface area contributed by atoms with Crippen molar-refractivity contribution in [3.63, 3.8) is 0 Å². The van der Waals surface area contributed by atoms with Gasteiger partial charge >= 0.3 is 7.82 Å². The maximum atomic E-state index is 10.4. The number of unbranched alkanes of at least 4 members (excludes halogenated alkanes) is 5. The van der Waals surface area contributed by atoms with Crippen molar-refractivity contribution in [3.05, 3.63) is 0 Å². The molecule has 0 saturated carbocycles. The van der Waals surface area contributed by atoms with Crippen LogP contribution in [0.3, 0.4) is 0 Å². The lowest BCUT2D eigenvalue weighted by Crippen LogP contribution is -2.07. The van der Waals surface area contributed by atoms with E-state index in [4.69, 9.17) is 21.3 Å². The van der Waals surface area contributed by atoms with Crippen LogP contribution in [0.25, 0.3) is 0 Å². The molecule has 0 saturated heterocycles. The molecule has 0 amide bonds. The van der Waals surface area contributed by atoms with Gasteiger partial charge in [-0.25, -0.2) is 4.57 Å². The van der Waals surface area contributed by atoms with Crippen molar-refractivity contribution >= 4 is 7.82 Å². The molecule has 0 fully saturated rings. The summed E-state index contributed by atoms with van der Waals surface area (Å²) in [6, 6.07) is 0. The predicted octanol–water partition coefficient (Wildman–Crippen LogP) is 9.76. The Morgan fingerprint density at radius 1 is 0.538 bits per heavy atom. The van der Waals surface area contributed by atoms with Crippen LogP contribution in [0.1, 0.15) is 170 Å². The Morgan fingerprint density at radius 3 is 1.05 bits per heavy atom. The highest BCUT2D eigenvalue weighted by molar-refractivity contribution is 7.46. The van der Waals surface area contributed by atoms with Gasteiger partial charge in [-0.2, -0.15) is 0 Å². The van der Waals surface area contributed by atoms with Crippen LogP contribution in [0, 0.1) is 17.8 Å². The molecule has 0 rings (SSSR count). The van der Waals surface area contributed by atoms with Crippen LogP contribution in [0.4, 0.5) is 0 Å². The number of rotatable bonds is 25. The van der Waals surface area contributed by atoms with Crippen LogP contribution in [0.2, 0.25) is 0 Å². The van der Waals surface area contributed by atoms with Crippen LogP contribution in [0.5, 0.6) is 0 Å². The Balaban J connectivity index is -0.000000498. The maximum Gasteiger partial charge on any atom is 0.469 e. The molecular weight excluding hydrogens is 507 g/mol. The van der Waals surface area contributed by atoms with Gasteiger partial charge in [0, 0.05) is 0 Å². The van der Waals surface area contributed by atoms with Gasteiger partial charge in [0.25, 0.3) is 0 Å². The molecular formula is C32H73N2O4P. The van der Waals surface area contributed by atoms with Gasteiger partial charge in [-0.1, -0.05) is 138 Å². The van der Waals surface area contributed by atoms with Gasteiger partial charge < -0.3 is 21.3 Å². The van der Waals surface area contributed by atoms with Crippen molar-refractivity contribution in [1.82, 2.24) is 0 Å². The number of phosphoric ester groups is 1. The van der Waals surface area contributed by atoms with E-state index in [-0.39, 0.29) is 12.5 Å². The summed E-state index contributed by atoms with van der Waals surface area (Å²) in [5.41, 5.74) is 11.1. The molecule has 0 aliphatic heterocycles. The Labute approximate surface area is 245 Å². The number of nitrogens with two attached hydrogens (primary N) is 2. The number of phosphoric acid groups is 1. The van der Waals surface area contributed by atoms with Crippen LogP contribution in [0.15, 0.2) is 0 Å². The van der Waals surface area contributed by atoms with Crippen molar-refractivity contribution in [3.8, 4) is 0 Å². The minimum Gasteiger partial charge on any atom is -0.330 e. The molecule has 7 heteroatoms. The average Bonchev–Trinajstić information content (AvgIpc) is 2.92. The Bertz CT molecular complexity index is 429. The minimum atomic E-state index is -4.26. The summed E-state index contributed by atoms with van der Waals surface area (Å²) in [6.07, 6.45) is 25.9. The van der Waals surface area contributed by atoms with E-state index in [1.54, 1.807) is 0 Å². The first kappa shape index (κ1) is 43.5. The quantitative estimate of drug-likeness (QED) is 0.0798. The first-order chi connectivity index (χ1) is 18.7. The molecule has 0 aromatic rings. The van der Waals surface area contributed by atoms with Gasteiger partial charge in [0.15, 0.2) is 0 Å². The lowest BCUT2D eigenvalue weighted by Gasteiger charge is -2.15. The van der Waals surface area contributed by atoms with E-state index < -0.39 is 7.82 Å². The van der Waals surface area contributed by atoms with Gasteiger partial charge in [0.2, 0.25) is 0 Å². The van der Waals surface area contributed by atoms with Gasteiger partial charge in [-0.3, -0.25) is 4.52 Å². The van der Waals surface area contributed by atoms with Gasteiger partial charge in [-0.15, -0.1) is 0 Å². The number of hydrogen-bond donors (Lipinski definition) is 4. The second-order valence-electron chi connectivity index (χ2n) is 11.4. The highest BCUT2D eigenvalue weighted by atomic mass is 31.2. The molecule has 1 unspecified atom stereocenters. The number of hydrogen-bond acceptors (Lipinski definition) is 4. The molecule has 0 aromatic heterocycles. The molecule has 39 heavy (non-hydrogen) atoms. The molecule has 0 spiro atoms. The fraction of sp³-hybridized carbons (Fsp3) is 1.00. The summed E-state index contributed by atoms with van der Waals surface area (Å²) in [4.78, 5) is 17.0. The molecule has 0 heterocycles. The second-order valence-corrected chi connectivity index (χ2v) is 12.6. The Hall–Kier alpha value is 0.0300. The summed E-state index contributed by atoms with van der Waals surface area (Å²) in [5.74, 6) is 2.19. The standard InChI is InChI=1S/2C12H27N.C8H19O4P/c2*1-3-5-8-12(9-6-4-2)10-7-11-13;1-3-5-6-8(4-2)7-12-13(9,10)11/h2*12H,3-11,13H2,1-2H3;8H,3-7H2,1-2H3,(H2,9,10,11). The van der Waals surface area contributed by atoms with Crippen molar-refractivity contribution in [1.29, 1.82) is 0 Å². The van der Waals surface area contributed by atoms with Crippen LogP contribution in [-0.4, -0.2) is 29.5 Å². The van der Waals surface area contributed by atoms with E-state index in [9.17, 15) is 4.57 Å².